The molecule has 0 aliphatic heterocycles. The number of methoxy groups -OCH3 is 1. The van der Waals surface area contributed by atoms with Crippen LogP contribution in [-0.2, 0) is 0 Å². The molecule has 1 aromatic heterocycles. The van der Waals surface area contributed by atoms with Gasteiger partial charge in [-0.25, -0.2) is 0 Å². The van der Waals surface area contributed by atoms with Gasteiger partial charge in [-0.15, -0.1) is 0 Å². The van der Waals surface area contributed by atoms with Crippen LogP contribution in [-0.4, -0.2) is 17.7 Å². The van der Waals surface area contributed by atoms with Crippen LogP contribution in [0.5, 0.6) is 5.75 Å². The average Bonchev–Trinajstić information content (AvgIpc) is 2.93. The SMILES string of the molecule is COc1ccc2ccn([C@H]3CC[C@H](N)C3)c2c1. The van der Waals surface area contributed by atoms with E-state index >= 15 is 0 Å². The number of rotatable bonds is 2. The maximum atomic E-state index is 5.99. The molecular weight excluding hydrogens is 212 g/mol. The van der Waals surface area contributed by atoms with Crippen LogP contribution in [0.3, 0.4) is 0 Å². The van der Waals surface area contributed by atoms with Crippen molar-refractivity contribution in [2.75, 3.05) is 7.11 Å². The Hall–Kier alpha value is -1.48. The summed E-state index contributed by atoms with van der Waals surface area (Å²) >= 11 is 0. The van der Waals surface area contributed by atoms with E-state index in [1.165, 1.54) is 17.3 Å². The number of ether oxygens (including phenoxy) is 1. The Bertz CT molecular complexity index is 532. The van der Waals surface area contributed by atoms with Crippen LogP contribution in [0.4, 0.5) is 0 Å². The van der Waals surface area contributed by atoms with Gasteiger partial charge in [-0.1, -0.05) is 0 Å². The number of hydrogen-bond donors (Lipinski definition) is 1. The first-order valence-corrected chi connectivity index (χ1v) is 6.18. The van der Waals surface area contributed by atoms with Crippen molar-refractivity contribution in [3.8, 4) is 5.75 Å². The van der Waals surface area contributed by atoms with E-state index in [0.29, 0.717) is 12.1 Å². The van der Waals surface area contributed by atoms with Crippen molar-refractivity contribution in [2.24, 2.45) is 5.73 Å². The summed E-state index contributed by atoms with van der Waals surface area (Å²) in [5.74, 6) is 0.916. The van der Waals surface area contributed by atoms with E-state index in [1.807, 2.05) is 6.07 Å². The Kier molecular flexibility index (Phi) is 2.56. The molecule has 1 aromatic carbocycles. The fraction of sp³-hybridized carbons (Fsp3) is 0.429. The predicted molar refractivity (Wildman–Crippen MR) is 69.4 cm³/mol. The zero-order valence-corrected chi connectivity index (χ0v) is 10.1. The fourth-order valence-electron chi connectivity index (χ4n) is 2.82. The van der Waals surface area contributed by atoms with Crippen LogP contribution in [0.15, 0.2) is 30.5 Å². The predicted octanol–water partition coefficient (Wildman–Crippen LogP) is 2.70. The second-order valence-electron chi connectivity index (χ2n) is 4.87. The Balaban J connectivity index is 2.04. The van der Waals surface area contributed by atoms with Gasteiger partial charge in [0.1, 0.15) is 5.75 Å². The summed E-state index contributed by atoms with van der Waals surface area (Å²) in [5, 5.41) is 1.27. The number of aromatic nitrogens is 1. The second-order valence-corrected chi connectivity index (χ2v) is 4.87. The highest BCUT2D eigenvalue weighted by atomic mass is 16.5. The molecule has 3 rings (SSSR count). The summed E-state index contributed by atoms with van der Waals surface area (Å²) < 4.78 is 7.64. The van der Waals surface area contributed by atoms with Crippen molar-refractivity contribution in [3.63, 3.8) is 0 Å². The molecule has 1 aliphatic rings. The van der Waals surface area contributed by atoms with E-state index in [4.69, 9.17) is 10.5 Å². The molecule has 17 heavy (non-hydrogen) atoms. The molecule has 0 saturated heterocycles. The molecule has 0 bridgehead atoms. The summed E-state index contributed by atoms with van der Waals surface area (Å²) in [6.45, 7) is 0. The molecule has 2 atom stereocenters. The number of nitrogens with two attached hydrogens (primary N) is 1. The zero-order valence-electron chi connectivity index (χ0n) is 10.1. The third-order valence-electron chi connectivity index (χ3n) is 3.77. The molecule has 0 spiro atoms. The van der Waals surface area contributed by atoms with Crippen molar-refractivity contribution in [1.82, 2.24) is 4.57 Å². The van der Waals surface area contributed by atoms with E-state index in [2.05, 4.69) is 29.0 Å². The molecule has 1 saturated carbocycles. The number of benzene rings is 1. The van der Waals surface area contributed by atoms with Crippen molar-refractivity contribution < 1.29 is 4.74 Å². The maximum Gasteiger partial charge on any atom is 0.120 e. The summed E-state index contributed by atoms with van der Waals surface area (Å²) in [6.07, 6.45) is 5.57. The lowest BCUT2D eigenvalue weighted by Gasteiger charge is -2.14. The quantitative estimate of drug-likeness (QED) is 0.861. The number of nitrogens with zero attached hydrogens (tertiary/aromatic N) is 1. The van der Waals surface area contributed by atoms with Gasteiger partial charge in [-0.05, 0) is 42.8 Å². The first-order chi connectivity index (χ1) is 8.28. The summed E-state index contributed by atoms with van der Waals surface area (Å²) in [5.41, 5.74) is 7.25. The van der Waals surface area contributed by atoms with Crippen molar-refractivity contribution >= 4 is 10.9 Å². The summed E-state index contributed by atoms with van der Waals surface area (Å²) in [7, 11) is 1.71. The minimum Gasteiger partial charge on any atom is -0.497 e. The van der Waals surface area contributed by atoms with E-state index in [1.54, 1.807) is 7.11 Å². The first kappa shape index (κ1) is 10.7. The molecule has 90 valence electrons. The Labute approximate surface area is 101 Å². The molecule has 3 heteroatoms. The van der Waals surface area contributed by atoms with Crippen LogP contribution < -0.4 is 10.5 Å². The molecule has 2 N–H and O–H groups in total. The summed E-state index contributed by atoms with van der Waals surface area (Å²) in [6, 6.07) is 9.31. The maximum absolute atomic E-state index is 5.99. The average molecular weight is 230 g/mol. The van der Waals surface area contributed by atoms with Gasteiger partial charge in [0.15, 0.2) is 0 Å². The molecular formula is C14H18N2O. The molecule has 0 unspecified atom stereocenters. The highest BCUT2D eigenvalue weighted by Gasteiger charge is 2.23. The minimum absolute atomic E-state index is 0.364. The van der Waals surface area contributed by atoms with Crippen molar-refractivity contribution in [1.29, 1.82) is 0 Å². The zero-order chi connectivity index (χ0) is 11.8. The van der Waals surface area contributed by atoms with E-state index < -0.39 is 0 Å². The van der Waals surface area contributed by atoms with Crippen LogP contribution in [0.25, 0.3) is 10.9 Å². The van der Waals surface area contributed by atoms with E-state index in [9.17, 15) is 0 Å². The van der Waals surface area contributed by atoms with Crippen LogP contribution >= 0.6 is 0 Å². The van der Waals surface area contributed by atoms with Crippen molar-refractivity contribution in [2.45, 2.75) is 31.3 Å². The monoisotopic (exact) mass is 230 g/mol. The van der Waals surface area contributed by atoms with Gasteiger partial charge in [0, 0.05) is 24.3 Å². The van der Waals surface area contributed by atoms with Gasteiger partial charge < -0.3 is 15.0 Å². The minimum atomic E-state index is 0.364. The smallest absolute Gasteiger partial charge is 0.120 e. The van der Waals surface area contributed by atoms with E-state index in [-0.39, 0.29) is 0 Å². The standard InChI is InChI=1S/C14H18N2O/c1-17-13-5-2-10-6-7-16(14(10)9-13)12-4-3-11(15)8-12/h2,5-7,9,11-12H,3-4,8,15H2,1H3/t11-,12-/m0/s1. The molecule has 3 nitrogen and oxygen atoms in total. The van der Waals surface area contributed by atoms with Gasteiger partial charge >= 0.3 is 0 Å². The number of hydrogen-bond acceptors (Lipinski definition) is 2. The second kappa shape index (κ2) is 4.08. The summed E-state index contributed by atoms with van der Waals surface area (Å²) in [4.78, 5) is 0. The van der Waals surface area contributed by atoms with Gasteiger partial charge in [-0.2, -0.15) is 0 Å². The lowest BCUT2D eigenvalue weighted by molar-refractivity contribution is 0.415. The highest BCUT2D eigenvalue weighted by molar-refractivity contribution is 5.81. The normalized spacial score (nSPS) is 24.4. The largest absolute Gasteiger partial charge is 0.497 e. The molecule has 0 amide bonds. The first-order valence-electron chi connectivity index (χ1n) is 6.18. The third kappa shape index (κ3) is 1.80. The third-order valence-corrected chi connectivity index (χ3v) is 3.77. The Morgan fingerprint density at radius 3 is 2.88 bits per heavy atom. The lowest BCUT2D eigenvalue weighted by atomic mass is 10.2. The molecule has 2 aromatic rings. The topological polar surface area (TPSA) is 40.2 Å². The van der Waals surface area contributed by atoms with E-state index in [0.717, 1.165) is 18.6 Å². The van der Waals surface area contributed by atoms with Gasteiger partial charge in [-0.3, -0.25) is 0 Å². The lowest BCUT2D eigenvalue weighted by Crippen LogP contribution is -2.15. The van der Waals surface area contributed by atoms with Crippen LogP contribution in [0.1, 0.15) is 25.3 Å². The van der Waals surface area contributed by atoms with Crippen LogP contribution in [0, 0.1) is 0 Å². The molecule has 1 heterocycles. The van der Waals surface area contributed by atoms with Gasteiger partial charge in [0.05, 0.1) is 12.6 Å². The molecule has 0 radical (unpaired) electrons. The Morgan fingerprint density at radius 2 is 2.18 bits per heavy atom. The molecule has 1 aliphatic carbocycles. The number of fused-ring (bicyclic) bond motifs is 1. The highest BCUT2D eigenvalue weighted by Crippen LogP contribution is 2.33. The Morgan fingerprint density at radius 1 is 1.29 bits per heavy atom. The van der Waals surface area contributed by atoms with Crippen LogP contribution in [0.2, 0.25) is 0 Å². The van der Waals surface area contributed by atoms with Gasteiger partial charge in [0.25, 0.3) is 0 Å². The van der Waals surface area contributed by atoms with Gasteiger partial charge in [0.2, 0.25) is 0 Å². The fourth-order valence-corrected chi connectivity index (χ4v) is 2.82. The van der Waals surface area contributed by atoms with Crippen molar-refractivity contribution in [3.05, 3.63) is 30.5 Å². The molecule has 1 fully saturated rings.